The van der Waals surface area contributed by atoms with Crippen molar-refractivity contribution in [3.8, 4) is 16.3 Å². The van der Waals surface area contributed by atoms with Crippen LogP contribution in [0.5, 0.6) is 5.75 Å². The summed E-state index contributed by atoms with van der Waals surface area (Å²) in [6.45, 7) is 6.05. The van der Waals surface area contributed by atoms with E-state index in [1.165, 1.54) is 5.56 Å². The predicted octanol–water partition coefficient (Wildman–Crippen LogP) is 6.64. The number of hydrogen-bond acceptors (Lipinski definition) is 6. The van der Waals surface area contributed by atoms with E-state index in [0.717, 1.165) is 38.6 Å². The molecule has 0 aliphatic rings. The zero-order valence-electron chi connectivity index (χ0n) is 17.8. The fourth-order valence-corrected chi connectivity index (χ4v) is 5.07. The van der Waals surface area contributed by atoms with Gasteiger partial charge < -0.3 is 9.30 Å². The Labute approximate surface area is 195 Å². The average Bonchev–Trinajstić information content (AvgIpc) is 3.36. The number of ether oxygens (including phenoxy) is 1. The number of rotatable bonds is 7. The largest absolute Gasteiger partial charge is 0.481 e. The number of aromatic nitrogens is 4. The zero-order chi connectivity index (χ0) is 22.0. The molecule has 31 heavy (non-hydrogen) atoms. The first kappa shape index (κ1) is 21.9. The highest BCUT2D eigenvalue weighted by molar-refractivity contribution is 7.98. The van der Waals surface area contributed by atoms with Gasteiger partial charge in [-0.25, -0.2) is 4.98 Å². The van der Waals surface area contributed by atoms with Crippen LogP contribution in [0.3, 0.4) is 0 Å². The van der Waals surface area contributed by atoms with Gasteiger partial charge in [0.2, 0.25) is 0 Å². The predicted molar refractivity (Wildman–Crippen MR) is 128 cm³/mol. The molecule has 2 aromatic carbocycles. The summed E-state index contributed by atoms with van der Waals surface area (Å²) in [6, 6.07) is 14.1. The molecule has 0 bridgehead atoms. The molecule has 8 heteroatoms. The van der Waals surface area contributed by atoms with Gasteiger partial charge in [-0.15, -0.1) is 21.5 Å². The van der Waals surface area contributed by atoms with Crippen LogP contribution in [0, 0.1) is 13.8 Å². The van der Waals surface area contributed by atoms with Crippen molar-refractivity contribution < 1.29 is 4.74 Å². The third kappa shape index (κ3) is 5.11. The summed E-state index contributed by atoms with van der Waals surface area (Å²) >= 11 is 9.55. The molecule has 2 aromatic heterocycles. The van der Waals surface area contributed by atoms with E-state index in [9.17, 15) is 0 Å². The van der Waals surface area contributed by atoms with E-state index >= 15 is 0 Å². The number of aryl methyl sites for hydroxylation is 2. The molecule has 0 N–H and O–H groups in total. The van der Waals surface area contributed by atoms with Crippen molar-refractivity contribution in [2.75, 3.05) is 0 Å². The molecule has 0 fully saturated rings. The van der Waals surface area contributed by atoms with Crippen molar-refractivity contribution in [3.05, 3.63) is 75.5 Å². The van der Waals surface area contributed by atoms with Crippen LogP contribution in [0.15, 0.2) is 53.0 Å². The van der Waals surface area contributed by atoms with Crippen LogP contribution in [0.4, 0.5) is 0 Å². The minimum Gasteiger partial charge on any atom is -0.481 e. The van der Waals surface area contributed by atoms with Gasteiger partial charge in [0.05, 0.1) is 10.7 Å². The number of benzene rings is 2. The van der Waals surface area contributed by atoms with E-state index in [1.54, 1.807) is 23.1 Å². The second kappa shape index (κ2) is 9.42. The Morgan fingerprint density at radius 2 is 1.94 bits per heavy atom. The standard InChI is InChI=1S/C23H23ClN4OS2/c1-14-6-5-7-17(10-14)22-25-18(12-30-22)13-31-23-27-26-21(28(23)4)16(3)29-20-11-15(2)8-9-19(20)24/h5-12,16H,13H2,1-4H3. The fraction of sp³-hybridized carbons (Fsp3) is 0.261. The van der Waals surface area contributed by atoms with Gasteiger partial charge in [-0.3, -0.25) is 0 Å². The molecule has 0 aliphatic carbocycles. The Balaban J connectivity index is 1.42. The smallest absolute Gasteiger partial charge is 0.191 e. The maximum Gasteiger partial charge on any atom is 0.191 e. The Morgan fingerprint density at radius 3 is 2.74 bits per heavy atom. The summed E-state index contributed by atoms with van der Waals surface area (Å²) in [5, 5.41) is 13.2. The van der Waals surface area contributed by atoms with Crippen molar-refractivity contribution in [2.24, 2.45) is 7.05 Å². The van der Waals surface area contributed by atoms with E-state index in [1.807, 2.05) is 43.7 Å². The van der Waals surface area contributed by atoms with Crippen molar-refractivity contribution in [2.45, 2.75) is 37.8 Å². The maximum absolute atomic E-state index is 6.27. The first-order chi connectivity index (χ1) is 14.9. The van der Waals surface area contributed by atoms with Crippen LogP contribution < -0.4 is 4.74 Å². The van der Waals surface area contributed by atoms with Gasteiger partial charge in [0.25, 0.3) is 0 Å². The fourth-order valence-electron chi connectivity index (χ4n) is 3.17. The zero-order valence-corrected chi connectivity index (χ0v) is 20.2. The monoisotopic (exact) mass is 470 g/mol. The minimum absolute atomic E-state index is 0.279. The minimum atomic E-state index is -0.279. The van der Waals surface area contributed by atoms with Crippen LogP contribution in [0.25, 0.3) is 10.6 Å². The molecule has 0 radical (unpaired) electrons. The normalized spacial score (nSPS) is 12.2. The van der Waals surface area contributed by atoms with Crippen molar-refractivity contribution in [3.63, 3.8) is 0 Å². The van der Waals surface area contributed by atoms with Crippen molar-refractivity contribution >= 4 is 34.7 Å². The topological polar surface area (TPSA) is 52.8 Å². The van der Waals surface area contributed by atoms with Crippen molar-refractivity contribution in [1.29, 1.82) is 0 Å². The number of thioether (sulfide) groups is 1. The lowest BCUT2D eigenvalue weighted by molar-refractivity contribution is 0.211. The second-order valence-electron chi connectivity index (χ2n) is 7.40. The maximum atomic E-state index is 6.27. The lowest BCUT2D eigenvalue weighted by Crippen LogP contribution is -2.10. The van der Waals surface area contributed by atoms with Crippen molar-refractivity contribution in [1.82, 2.24) is 19.7 Å². The molecule has 0 saturated carbocycles. The molecular weight excluding hydrogens is 448 g/mol. The van der Waals surface area contributed by atoms with Crippen LogP contribution in [0.2, 0.25) is 5.02 Å². The summed E-state index contributed by atoms with van der Waals surface area (Å²) < 4.78 is 8.02. The summed E-state index contributed by atoms with van der Waals surface area (Å²) in [6.07, 6.45) is -0.279. The summed E-state index contributed by atoms with van der Waals surface area (Å²) in [4.78, 5) is 4.78. The quantitative estimate of drug-likeness (QED) is 0.283. The SMILES string of the molecule is Cc1cccc(-c2nc(CSc3nnc(C(C)Oc4cc(C)ccc4Cl)n3C)cs2)c1. The molecule has 5 nitrogen and oxygen atoms in total. The highest BCUT2D eigenvalue weighted by atomic mass is 35.5. The van der Waals surface area contributed by atoms with Gasteiger partial charge in [-0.05, 0) is 44.5 Å². The van der Waals surface area contributed by atoms with Crippen LogP contribution in [-0.2, 0) is 12.8 Å². The van der Waals surface area contributed by atoms with E-state index in [2.05, 4.69) is 46.8 Å². The van der Waals surface area contributed by atoms with E-state index in [-0.39, 0.29) is 6.10 Å². The molecule has 4 rings (SSSR count). The van der Waals surface area contributed by atoms with Gasteiger partial charge in [0.1, 0.15) is 10.8 Å². The molecule has 4 aromatic rings. The van der Waals surface area contributed by atoms with Gasteiger partial charge in [0.15, 0.2) is 17.1 Å². The number of thiazole rings is 1. The number of nitrogens with zero attached hydrogens (tertiary/aromatic N) is 4. The molecule has 0 saturated heterocycles. The Morgan fingerprint density at radius 1 is 1.13 bits per heavy atom. The molecule has 0 aliphatic heterocycles. The summed E-state index contributed by atoms with van der Waals surface area (Å²) in [5.74, 6) is 2.13. The molecule has 0 amide bonds. The average molecular weight is 471 g/mol. The lowest BCUT2D eigenvalue weighted by atomic mass is 10.1. The van der Waals surface area contributed by atoms with E-state index in [4.69, 9.17) is 21.3 Å². The molecule has 160 valence electrons. The first-order valence-corrected chi connectivity index (χ1v) is 12.1. The Kier molecular flexibility index (Phi) is 6.65. The Hall–Kier alpha value is -2.35. The van der Waals surface area contributed by atoms with E-state index in [0.29, 0.717) is 10.8 Å². The highest BCUT2D eigenvalue weighted by Crippen LogP contribution is 2.31. The van der Waals surface area contributed by atoms with E-state index < -0.39 is 0 Å². The molecule has 1 unspecified atom stereocenters. The van der Waals surface area contributed by atoms with Gasteiger partial charge in [-0.1, -0.05) is 53.2 Å². The van der Waals surface area contributed by atoms with Crippen LogP contribution in [-0.4, -0.2) is 19.7 Å². The van der Waals surface area contributed by atoms with Gasteiger partial charge in [-0.2, -0.15) is 0 Å². The van der Waals surface area contributed by atoms with Crippen LogP contribution in [0.1, 0.15) is 35.7 Å². The molecule has 0 spiro atoms. The third-order valence-corrected chi connectivity index (χ3v) is 7.09. The second-order valence-corrected chi connectivity index (χ2v) is 9.60. The molecule has 2 heterocycles. The highest BCUT2D eigenvalue weighted by Gasteiger charge is 2.19. The molecular formula is C23H23ClN4OS2. The third-order valence-electron chi connectivity index (χ3n) is 4.79. The first-order valence-electron chi connectivity index (χ1n) is 9.87. The summed E-state index contributed by atoms with van der Waals surface area (Å²) in [5.41, 5.74) is 4.52. The Bertz CT molecular complexity index is 1200. The number of hydrogen-bond donors (Lipinski definition) is 0. The van der Waals surface area contributed by atoms with Gasteiger partial charge in [0, 0.05) is 23.7 Å². The van der Waals surface area contributed by atoms with Gasteiger partial charge >= 0.3 is 0 Å². The van der Waals surface area contributed by atoms with Crippen LogP contribution >= 0.6 is 34.7 Å². The lowest BCUT2D eigenvalue weighted by Gasteiger charge is -2.15. The number of halogens is 1. The summed E-state index contributed by atoms with van der Waals surface area (Å²) in [7, 11) is 1.95. The molecule has 1 atom stereocenters.